The first kappa shape index (κ1) is 14.4. The molecule has 104 valence electrons. The van der Waals surface area contributed by atoms with Crippen LogP contribution >= 0.6 is 15.9 Å². The van der Waals surface area contributed by atoms with E-state index in [2.05, 4.69) is 30.6 Å². The molecule has 0 unspecified atom stereocenters. The van der Waals surface area contributed by atoms with Crippen LogP contribution in [0, 0.1) is 12.7 Å². The Morgan fingerprint density at radius 3 is 2.75 bits per heavy atom. The normalized spacial score (nSPS) is 10.2. The van der Waals surface area contributed by atoms with Crippen LogP contribution in [0.5, 0.6) is 11.6 Å². The van der Waals surface area contributed by atoms with Crippen molar-refractivity contribution in [3.63, 3.8) is 0 Å². The van der Waals surface area contributed by atoms with Crippen molar-refractivity contribution in [2.24, 2.45) is 0 Å². The number of ether oxygens (including phenoxy) is 2. The van der Waals surface area contributed by atoms with E-state index >= 15 is 0 Å². The minimum absolute atomic E-state index is 0.116. The fourth-order valence-electron chi connectivity index (χ4n) is 1.44. The number of carbonyl (C=O) groups is 1. The van der Waals surface area contributed by atoms with Crippen molar-refractivity contribution < 1.29 is 18.7 Å². The van der Waals surface area contributed by atoms with E-state index in [0.29, 0.717) is 10.2 Å². The molecule has 5 nitrogen and oxygen atoms in total. The zero-order valence-corrected chi connectivity index (χ0v) is 12.3. The van der Waals surface area contributed by atoms with Crippen LogP contribution in [0.15, 0.2) is 28.7 Å². The first-order chi connectivity index (χ1) is 9.49. The molecule has 0 aliphatic carbocycles. The largest absolute Gasteiger partial charge is 0.463 e. The number of carbonyl (C=O) groups excluding carboxylic acids is 1. The quantitative estimate of drug-likeness (QED) is 0.802. The van der Waals surface area contributed by atoms with Gasteiger partial charge in [-0.25, -0.2) is 14.2 Å². The average Bonchev–Trinajstić information content (AvgIpc) is 2.41. The molecule has 0 aliphatic heterocycles. The van der Waals surface area contributed by atoms with Gasteiger partial charge in [0.25, 0.3) is 0 Å². The van der Waals surface area contributed by atoms with Crippen molar-refractivity contribution in [1.82, 2.24) is 9.97 Å². The monoisotopic (exact) mass is 340 g/mol. The highest BCUT2D eigenvalue weighted by Crippen LogP contribution is 2.29. The Hall–Kier alpha value is -2.02. The zero-order chi connectivity index (χ0) is 14.7. The van der Waals surface area contributed by atoms with Gasteiger partial charge in [-0.15, -0.1) is 0 Å². The molecule has 7 heteroatoms. The molecular formula is C13H10BrFN2O3. The van der Waals surface area contributed by atoms with Crippen molar-refractivity contribution in [3.05, 3.63) is 46.1 Å². The summed E-state index contributed by atoms with van der Waals surface area (Å²) >= 11 is 3.24. The van der Waals surface area contributed by atoms with Gasteiger partial charge in [0.2, 0.25) is 11.7 Å². The highest BCUT2D eigenvalue weighted by molar-refractivity contribution is 9.10. The molecule has 0 saturated carbocycles. The second-order valence-electron chi connectivity index (χ2n) is 3.84. The lowest BCUT2D eigenvalue weighted by atomic mass is 10.3. The lowest BCUT2D eigenvalue weighted by Crippen LogP contribution is -2.09. The standard InChI is InChI=1S/C13H10BrFN2O3/c1-7-5-11(17-12(16-7)13(18)19-2)20-10-6-8(15)3-4-9(10)14/h3-6H,1-2H3. The third kappa shape index (κ3) is 3.30. The van der Waals surface area contributed by atoms with Crippen LogP contribution in [-0.2, 0) is 4.74 Å². The van der Waals surface area contributed by atoms with Crippen molar-refractivity contribution >= 4 is 21.9 Å². The van der Waals surface area contributed by atoms with E-state index in [1.54, 1.807) is 6.92 Å². The molecule has 0 atom stereocenters. The first-order valence-corrected chi connectivity index (χ1v) is 6.36. The van der Waals surface area contributed by atoms with Crippen LogP contribution in [0.4, 0.5) is 4.39 Å². The Balaban J connectivity index is 2.36. The minimum atomic E-state index is -0.670. The number of esters is 1. The maximum Gasteiger partial charge on any atom is 0.376 e. The van der Waals surface area contributed by atoms with Gasteiger partial charge in [-0.05, 0) is 35.0 Å². The van der Waals surface area contributed by atoms with Crippen LogP contribution in [0.1, 0.15) is 16.3 Å². The Bertz CT molecular complexity index is 664. The Morgan fingerprint density at radius 2 is 2.05 bits per heavy atom. The van der Waals surface area contributed by atoms with E-state index in [4.69, 9.17) is 4.74 Å². The number of methoxy groups -OCH3 is 1. The highest BCUT2D eigenvalue weighted by atomic mass is 79.9. The molecule has 1 aromatic heterocycles. The fourth-order valence-corrected chi connectivity index (χ4v) is 1.77. The van der Waals surface area contributed by atoms with Crippen molar-refractivity contribution in [2.45, 2.75) is 6.92 Å². The molecule has 0 bridgehead atoms. The van der Waals surface area contributed by atoms with Gasteiger partial charge in [0.15, 0.2) is 0 Å². The van der Waals surface area contributed by atoms with E-state index in [9.17, 15) is 9.18 Å². The summed E-state index contributed by atoms with van der Waals surface area (Å²) in [6.45, 7) is 1.68. The molecule has 20 heavy (non-hydrogen) atoms. The molecular weight excluding hydrogens is 331 g/mol. The summed E-state index contributed by atoms with van der Waals surface area (Å²) in [6.07, 6.45) is 0. The molecule has 1 aromatic carbocycles. The molecule has 0 radical (unpaired) electrons. The minimum Gasteiger partial charge on any atom is -0.463 e. The number of hydrogen-bond acceptors (Lipinski definition) is 5. The zero-order valence-electron chi connectivity index (χ0n) is 10.7. The molecule has 0 spiro atoms. The number of aryl methyl sites for hydroxylation is 1. The number of rotatable bonds is 3. The molecule has 1 heterocycles. The maximum atomic E-state index is 13.2. The SMILES string of the molecule is COC(=O)c1nc(C)cc(Oc2cc(F)ccc2Br)n1. The summed E-state index contributed by atoms with van der Waals surface area (Å²) in [6, 6.07) is 5.55. The summed E-state index contributed by atoms with van der Waals surface area (Å²) in [7, 11) is 1.23. The molecule has 2 aromatic rings. The third-order valence-electron chi connectivity index (χ3n) is 2.31. The summed E-state index contributed by atoms with van der Waals surface area (Å²) in [5, 5.41) is 0. The van der Waals surface area contributed by atoms with Gasteiger partial charge in [-0.1, -0.05) is 0 Å². The van der Waals surface area contributed by atoms with E-state index in [1.165, 1.54) is 31.4 Å². The molecule has 0 N–H and O–H groups in total. The number of nitrogens with zero attached hydrogens (tertiary/aromatic N) is 2. The lowest BCUT2D eigenvalue weighted by Gasteiger charge is -2.08. The lowest BCUT2D eigenvalue weighted by molar-refractivity contribution is 0.0585. The van der Waals surface area contributed by atoms with Crippen LogP contribution < -0.4 is 4.74 Å². The summed E-state index contributed by atoms with van der Waals surface area (Å²) < 4.78 is 23.8. The first-order valence-electron chi connectivity index (χ1n) is 5.56. The van der Waals surface area contributed by atoms with Gasteiger partial charge < -0.3 is 9.47 Å². The van der Waals surface area contributed by atoms with E-state index in [-0.39, 0.29) is 17.5 Å². The number of aromatic nitrogens is 2. The molecule has 0 amide bonds. The Labute approximate surface area is 122 Å². The van der Waals surface area contributed by atoms with Gasteiger partial charge in [-0.2, -0.15) is 4.98 Å². The summed E-state index contributed by atoms with van der Waals surface area (Å²) in [5.41, 5.74) is 0.530. The third-order valence-corrected chi connectivity index (χ3v) is 2.96. The summed E-state index contributed by atoms with van der Waals surface area (Å²) in [4.78, 5) is 19.3. The molecule has 2 rings (SSSR count). The summed E-state index contributed by atoms with van der Waals surface area (Å²) in [5.74, 6) is -0.850. The number of halogens is 2. The van der Waals surface area contributed by atoms with Crippen molar-refractivity contribution in [1.29, 1.82) is 0 Å². The van der Waals surface area contributed by atoms with Crippen LogP contribution in [0.2, 0.25) is 0 Å². The van der Waals surface area contributed by atoms with Gasteiger partial charge in [0.05, 0.1) is 11.6 Å². The van der Waals surface area contributed by atoms with Gasteiger partial charge in [-0.3, -0.25) is 0 Å². The second kappa shape index (κ2) is 5.96. The average molecular weight is 341 g/mol. The predicted octanol–water partition coefficient (Wildman–Crippen LogP) is 3.27. The van der Waals surface area contributed by atoms with E-state index in [0.717, 1.165) is 0 Å². The maximum absolute atomic E-state index is 13.2. The molecule has 0 saturated heterocycles. The molecule has 0 fully saturated rings. The Kier molecular flexibility index (Phi) is 4.29. The number of hydrogen-bond donors (Lipinski definition) is 0. The van der Waals surface area contributed by atoms with Crippen molar-refractivity contribution in [2.75, 3.05) is 7.11 Å². The van der Waals surface area contributed by atoms with E-state index < -0.39 is 11.8 Å². The topological polar surface area (TPSA) is 61.3 Å². The van der Waals surface area contributed by atoms with Crippen LogP contribution in [0.25, 0.3) is 0 Å². The van der Waals surface area contributed by atoms with Crippen molar-refractivity contribution in [3.8, 4) is 11.6 Å². The smallest absolute Gasteiger partial charge is 0.376 e. The fraction of sp³-hybridized carbons (Fsp3) is 0.154. The van der Waals surface area contributed by atoms with E-state index in [1.807, 2.05) is 0 Å². The van der Waals surface area contributed by atoms with Gasteiger partial charge in [0, 0.05) is 17.8 Å². The Morgan fingerprint density at radius 1 is 1.30 bits per heavy atom. The second-order valence-corrected chi connectivity index (χ2v) is 4.69. The van der Waals surface area contributed by atoms with Gasteiger partial charge in [0.1, 0.15) is 11.6 Å². The predicted molar refractivity (Wildman–Crippen MR) is 72.3 cm³/mol. The number of benzene rings is 1. The van der Waals surface area contributed by atoms with Crippen LogP contribution in [0.3, 0.4) is 0 Å². The molecule has 0 aliphatic rings. The van der Waals surface area contributed by atoms with Gasteiger partial charge >= 0.3 is 5.97 Å². The van der Waals surface area contributed by atoms with Crippen LogP contribution in [-0.4, -0.2) is 23.0 Å². The highest BCUT2D eigenvalue weighted by Gasteiger charge is 2.13.